The molecule has 0 aliphatic rings. The lowest BCUT2D eigenvalue weighted by Gasteiger charge is -2.19. The van der Waals surface area contributed by atoms with Crippen LogP contribution in [0.15, 0.2) is 59.8 Å². The Hall–Kier alpha value is -3.13. The average Bonchev–Trinajstić information content (AvgIpc) is 3.14. The van der Waals surface area contributed by atoms with Crippen molar-refractivity contribution in [1.82, 2.24) is 19.7 Å². The maximum atomic E-state index is 12.5. The van der Waals surface area contributed by atoms with Crippen molar-refractivity contribution in [2.24, 2.45) is 7.05 Å². The van der Waals surface area contributed by atoms with Gasteiger partial charge < -0.3 is 14.8 Å². The molecule has 0 aliphatic carbocycles. The van der Waals surface area contributed by atoms with Gasteiger partial charge in [-0.2, -0.15) is 0 Å². The van der Waals surface area contributed by atoms with E-state index >= 15 is 0 Å². The van der Waals surface area contributed by atoms with E-state index in [1.54, 1.807) is 29.2 Å². The number of carbonyl (C=O) groups is 2. The van der Waals surface area contributed by atoms with Gasteiger partial charge in [-0.3, -0.25) is 9.59 Å². The highest BCUT2D eigenvalue weighted by atomic mass is 32.2. The zero-order valence-electron chi connectivity index (χ0n) is 17.3. The summed E-state index contributed by atoms with van der Waals surface area (Å²) in [5.74, 6) is 0.727. The number of anilines is 1. The fraction of sp³-hybridized carbons (Fsp3) is 0.273. The molecule has 0 atom stereocenters. The van der Waals surface area contributed by atoms with Crippen molar-refractivity contribution >= 4 is 29.3 Å². The van der Waals surface area contributed by atoms with Crippen LogP contribution in [-0.4, -0.2) is 50.3 Å². The van der Waals surface area contributed by atoms with Gasteiger partial charge in [-0.25, -0.2) is 0 Å². The molecule has 1 N–H and O–H groups in total. The van der Waals surface area contributed by atoms with Crippen LogP contribution < -0.4 is 5.32 Å². The van der Waals surface area contributed by atoms with Crippen molar-refractivity contribution < 1.29 is 9.59 Å². The SMILES string of the molecule is CCN(CC)C(=O)c1cccc(NC(=O)CSc2nnc(-c3ccccc3)n2C)c1. The van der Waals surface area contributed by atoms with E-state index in [1.165, 1.54) is 11.8 Å². The third kappa shape index (κ3) is 5.07. The van der Waals surface area contributed by atoms with E-state index in [-0.39, 0.29) is 17.6 Å². The third-order valence-electron chi connectivity index (χ3n) is 4.64. The van der Waals surface area contributed by atoms with Gasteiger partial charge in [-0.1, -0.05) is 48.2 Å². The molecule has 30 heavy (non-hydrogen) atoms. The molecule has 7 nitrogen and oxygen atoms in total. The number of rotatable bonds is 8. The minimum absolute atomic E-state index is 0.0435. The number of carbonyl (C=O) groups excluding carboxylic acids is 2. The topological polar surface area (TPSA) is 80.1 Å². The molecule has 0 unspecified atom stereocenters. The maximum absolute atomic E-state index is 12.5. The van der Waals surface area contributed by atoms with Crippen LogP contribution in [-0.2, 0) is 11.8 Å². The van der Waals surface area contributed by atoms with Crippen LogP contribution in [0, 0.1) is 0 Å². The summed E-state index contributed by atoms with van der Waals surface area (Å²) in [7, 11) is 1.88. The molecule has 156 valence electrons. The number of benzene rings is 2. The average molecular weight is 424 g/mol. The number of aromatic nitrogens is 3. The first-order valence-electron chi connectivity index (χ1n) is 9.80. The summed E-state index contributed by atoms with van der Waals surface area (Å²) in [6.07, 6.45) is 0. The minimum Gasteiger partial charge on any atom is -0.339 e. The van der Waals surface area contributed by atoms with Crippen molar-refractivity contribution in [3.63, 3.8) is 0 Å². The molecule has 3 rings (SSSR count). The summed E-state index contributed by atoms with van der Waals surface area (Å²) in [4.78, 5) is 26.7. The summed E-state index contributed by atoms with van der Waals surface area (Å²) in [5.41, 5.74) is 2.13. The van der Waals surface area contributed by atoms with Crippen LogP contribution in [0.4, 0.5) is 5.69 Å². The second-order valence-electron chi connectivity index (χ2n) is 6.63. The molecular formula is C22H25N5O2S. The van der Waals surface area contributed by atoms with Crippen molar-refractivity contribution in [2.45, 2.75) is 19.0 Å². The van der Waals surface area contributed by atoms with Gasteiger partial charge in [0.1, 0.15) is 0 Å². The molecule has 0 saturated heterocycles. The Bertz CT molecular complexity index is 1020. The number of nitrogens with zero attached hydrogens (tertiary/aromatic N) is 4. The highest BCUT2D eigenvalue weighted by Gasteiger charge is 2.15. The lowest BCUT2D eigenvalue weighted by Crippen LogP contribution is -2.30. The van der Waals surface area contributed by atoms with Crippen LogP contribution >= 0.6 is 11.8 Å². The molecule has 0 radical (unpaired) electrons. The molecule has 8 heteroatoms. The summed E-state index contributed by atoms with van der Waals surface area (Å²) >= 11 is 1.31. The van der Waals surface area contributed by atoms with Crippen molar-refractivity contribution in [2.75, 3.05) is 24.2 Å². The summed E-state index contributed by atoms with van der Waals surface area (Å²) in [5, 5.41) is 11.9. The molecule has 0 bridgehead atoms. The highest BCUT2D eigenvalue weighted by Crippen LogP contribution is 2.22. The molecule has 2 aromatic carbocycles. The van der Waals surface area contributed by atoms with Gasteiger partial charge in [0, 0.05) is 37.0 Å². The Kier molecular flexibility index (Phi) is 7.24. The number of thioether (sulfide) groups is 1. The van der Waals surface area contributed by atoms with Crippen LogP contribution in [0.1, 0.15) is 24.2 Å². The van der Waals surface area contributed by atoms with Gasteiger partial charge in [-0.15, -0.1) is 10.2 Å². The molecule has 0 fully saturated rings. The van der Waals surface area contributed by atoms with E-state index in [9.17, 15) is 9.59 Å². The zero-order chi connectivity index (χ0) is 21.5. The molecule has 1 aromatic heterocycles. The van der Waals surface area contributed by atoms with Crippen molar-refractivity contribution in [3.05, 3.63) is 60.2 Å². The molecule has 1 heterocycles. The van der Waals surface area contributed by atoms with Gasteiger partial charge >= 0.3 is 0 Å². The predicted octanol–water partition coefficient (Wildman–Crippen LogP) is 3.69. The summed E-state index contributed by atoms with van der Waals surface area (Å²) in [6, 6.07) is 16.8. The van der Waals surface area contributed by atoms with Crippen LogP contribution in [0.3, 0.4) is 0 Å². The lowest BCUT2D eigenvalue weighted by molar-refractivity contribution is -0.113. The van der Waals surface area contributed by atoms with Crippen LogP contribution in [0.25, 0.3) is 11.4 Å². The largest absolute Gasteiger partial charge is 0.339 e. The van der Waals surface area contributed by atoms with Gasteiger partial charge in [0.05, 0.1) is 5.75 Å². The Morgan fingerprint density at radius 2 is 1.77 bits per heavy atom. The van der Waals surface area contributed by atoms with E-state index in [0.717, 1.165) is 11.4 Å². The number of hydrogen-bond acceptors (Lipinski definition) is 5. The van der Waals surface area contributed by atoms with E-state index < -0.39 is 0 Å². The summed E-state index contributed by atoms with van der Waals surface area (Å²) < 4.78 is 1.87. The third-order valence-corrected chi connectivity index (χ3v) is 5.66. The Morgan fingerprint density at radius 1 is 1.03 bits per heavy atom. The molecule has 0 spiro atoms. The van der Waals surface area contributed by atoms with Gasteiger partial charge in [-0.05, 0) is 32.0 Å². The standard InChI is InChI=1S/C22H25N5O2S/c1-4-27(5-2)21(29)17-12-9-13-18(14-17)23-19(28)15-30-22-25-24-20(26(22)3)16-10-7-6-8-11-16/h6-14H,4-5,15H2,1-3H3,(H,23,28). The fourth-order valence-electron chi connectivity index (χ4n) is 3.03. The Balaban J connectivity index is 1.61. The number of amides is 2. The van der Waals surface area contributed by atoms with Crippen LogP contribution in [0.2, 0.25) is 0 Å². The van der Waals surface area contributed by atoms with Crippen LogP contribution in [0.5, 0.6) is 0 Å². The van der Waals surface area contributed by atoms with E-state index in [1.807, 2.05) is 55.8 Å². The van der Waals surface area contributed by atoms with Crippen molar-refractivity contribution in [1.29, 1.82) is 0 Å². The number of hydrogen-bond donors (Lipinski definition) is 1. The van der Waals surface area contributed by atoms with Gasteiger partial charge in [0.2, 0.25) is 5.91 Å². The normalized spacial score (nSPS) is 10.6. The highest BCUT2D eigenvalue weighted by molar-refractivity contribution is 7.99. The quantitative estimate of drug-likeness (QED) is 0.559. The molecule has 2 amide bonds. The predicted molar refractivity (Wildman–Crippen MR) is 119 cm³/mol. The molecule has 3 aromatic rings. The monoisotopic (exact) mass is 423 g/mol. The lowest BCUT2D eigenvalue weighted by atomic mass is 10.1. The second-order valence-corrected chi connectivity index (χ2v) is 7.57. The first kappa shape index (κ1) is 21.6. The van der Waals surface area contributed by atoms with E-state index in [0.29, 0.717) is 29.5 Å². The van der Waals surface area contributed by atoms with E-state index in [2.05, 4.69) is 15.5 Å². The fourth-order valence-corrected chi connectivity index (χ4v) is 3.74. The maximum Gasteiger partial charge on any atom is 0.253 e. The van der Waals surface area contributed by atoms with Crippen molar-refractivity contribution in [3.8, 4) is 11.4 Å². The molecular weight excluding hydrogens is 398 g/mol. The first-order chi connectivity index (χ1) is 14.5. The Labute approximate surface area is 180 Å². The first-order valence-corrected chi connectivity index (χ1v) is 10.8. The second kappa shape index (κ2) is 10.1. The zero-order valence-corrected chi connectivity index (χ0v) is 18.1. The minimum atomic E-state index is -0.170. The Morgan fingerprint density at radius 3 is 2.47 bits per heavy atom. The number of nitrogens with one attached hydrogen (secondary N) is 1. The van der Waals surface area contributed by atoms with E-state index in [4.69, 9.17) is 0 Å². The summed E-state index contributed by atoms with van der Waals surface area (Å²) in [6.45, 7) is 5.18. The van der Waals surface area contributed by atoms with Gasteiger partial charge in [0.25, 0.3) is 5.91 Å². The molecule has 0 saturated carbocycles. The molecule has 0 aliphatic heterocycles. The smallest absolute Gasteiger partial charge is 0.253 e. The van der Waals surface area contributed by atoms with Gasteiger partial charge in [0.15, 0.2) is 11.0 Å².